The van der Waals surface area contributed by atoms with Gasteiger partial charge in [-0.2, -0.15) is 0 Å². The Balaban J connectivity index is 0.000000154. The van der Waals surface area contributed by atoms with E-state index in [0.717, 1.165) is 13.0 Å². The molecule has 0 aliphatic heterocycles. The van der Waals surface area contributed by atoms with Gasteiger partial charge in [0.15, 0.2) is 0 Å². The van der Waals surface area contributed by atoms with Crippen molar-refractivity contribution in [2.75, 3.05) is 6.54 Å². The Morgan fingerprint density at radius 2 is 1.67 bits per heavy atom. The number of aryl methyl sites for hydroxylation is 2. The van der Waals surface area contributed by atoms with Crippen molar-refractivity contribution in [3.8, 4) is 0 Å². The third kappa shape index (κ3) is 4.69. The highest BCUT2D eigenvalue weighted by Gasteiger charge is 2.34. The molecule has 1 fully saturated rings. The first-order valence-electron chi connectivity index (χ1n) is 7.68. The molecule has 1 aliphatic carbocycles. The average molecular weight is 282 g/mol. The van der Waals surface area contributed by atoms with E-state index in [1.54, 1.807) is 0 Å². The smallest absolute Gasteiger partial charge is 0.0115 e. The van der Waals surface area contributed by atoms with E-state index in [0.29, 0.717) is 12.0 Å². The van der Waals surface area contributed by atoms with Crippen molar-refractivity contribution >= 4 is 0 Å². The van der Waals surface area contributed by atoms with Crippen LogP contribution in [-0.2, 0) is 6.42 Å². The van der Waals surface area contributed by atoms with Crippen LogP contribution in [0.3, 0.4) is 0 Å². The Morgan fingerprint density at radius 1 is 1.00 bits per heavy atom. The van der Waals surface area contributed by atoms with Crippen LogP contribution >= 0.6 is 0 Å². The van der Waals surface area contributed by atoms with Crippen molar-refractivity contribution in [3.63, 3.8) is 0 Å². The van der Waals surface area contributed by atoms with Crippen LogP contribution < -0.4 is 11.5 Å². The molecule has 2 unspecified atom stereocenters. The van der Waals surface area contributed by atoms with Crippen molar-refractivity contribution < 1.29 is 0 Å². The zero-order valence-corrected chi connectivity index (χ0v) is 13.0. The van der Waals surface area contributed by atoms with Crippen molar-refractivity contribution in [2.45, 2.75) is 38.6 Å². The van der Waals surface area contributed by atoms with Crippen LogP contribution in [0.4, 0.5) is 0 Å². The van der Waals surface area contributed by atoms with Crippen LogP contribution in [0.1, 0.15) is 34.6 Å². The highest BCUT2D eigenvalue weighted by atomic mass is 14.7. The van der Waals surface area contributed by atoms with E-state index < -0.39 is 0 Å². The molecule has 0 aromatic heterocycles. The van der Waals surface area contributed by atoms with E-state index in [1.165, 1.54) is 28.7 Å². The van der Waals surface area contributed by atoms with Gasteiger partial charge in [0, 0.05) is 12.0 Å². The first-order chi connectivity index (χ1) is 10.1. The number of nitrogens with two attached hydrogens (primary N) is 2. The van der Waals surface area contributed by atoms with Crippen molar-refractivity contribution in [1.29, 1.82) is 0 Å². The van der Waals surface area contributed by atoms with Gasteiger partial charge >= 0.3 is 0 Å². The summed E-state index contributed by atoms with van der Waals surface area (Å²) >= 11 is 0. The normalized spacial score (nSPS) is 19.6. The SMILES string of the molecule is Cc1ccc(CCN)cc1C.NC1CC1c1ccccc1. The Hall–Kier alpha value is -1.64. The van der Waals surface area contributed by atoms with Gasteiger partial charge in [-0.3, -0.25) is 0 Å². The molecule has 21 heavy (non-hydrogen) atoms. The largest absolute Gasteiger partial charge is 0.330 e. The summed E-state index contributed by atoms with van der Waals surface area (Å²) in [4.78, 5) is 0. The Labute approximate surface area is 128 Å². The highest BCUT2D eigenvalue weighted by molar-refractivity contribution is 5.30. The van der Waals surface area contributed by atoms with Gasteiger partial charge < -0.3 is 11.5 Å². The second-order valence-corrected chi connectivity index (χ2v) is 5.87. The number of hydrogen-bond donors (Lipinski definition) is 2. The lowest BCUT2D eigenvalue weighted by Gasteiger charge is -2.02. The van der Waals surface area contributed by atoms with E-state index in [-0.39, 0.29) is 0 Å². The van der Waals surface area contributed by atoms with Crippen LogP contribution in [0.25, 0.3) is 0 Å². The van der Waals surface area contributed by atoms with Crippen LogP contribution in [0.2, 0.25) is 0 Å². The average Bonchev–Trinajstić information content (AvgIpc) is 3.22. The van der Waals surface area contributed by atoms with Gasteiger partial charge in [-0.25, -0.2) is 0 Å². The summed E-state index contributed by atoms with van der Waals surface area (Å²) in [5.74, 6) is 0.654. The quantitative estimate of drug-likeness (QED) is 0.907. The number of hydrogen-bond acceptors (Lipinski definition) is 2. The maximum absolute atomic E-state index is 5.70. The van der Waals surface area contributed by atoms with Crippen molar-refractivity contribution in [3.05, 3.63) is 70.8 Å². The molecule has 112 valence electrons. The molecule has 0 radical (unpaired) electrons. The minimum Gasteiger partial charge on any atom is -0.330 e. The molecule has 0 spiro atoms. The molecular formula is C19H26N2. The van der Waals surface area contributed by atoms with Gasteiger partial charge in [-0.1, -0.05) is 48.5 Å². The highest BCUT2D eigenvalue weighted by Crippen LogP contribution is 2.38. The zero-order valence-electron chi connectivity index (χ0n) is 13.0. The molecule has 0 saturated heterocycles. The monoisotopic (exact) mass is 282 g/mol. The fourth-order valence-corrected chi connectivity index (χ4v) is 2.42. The molecule has 1 aliphatic rings. The maximum atomic E-state index is 5.70. The van der Waals surface area contributed by atoms with Crippen molar-refractivity contribution in [2.24, 2.45) is 11.5 Å². The molecule has 0 heterocycles. The molecule has 2 nitrogen and oxygen atoms in total. The van der Waals surface area contributed by atoms with Crippen LogP contribution in [0.15, 0.2) is 48.5 Å². The maximum Gasteiger partial charge on any atom is 0.0115 e. The van der Waals surface area contributed by atoms with Crippen molar-refractivity contribution in [1.82, 2.24) is 0 Å². The van der Waals surface area contributed by atoms with Gasteiger partial charge in [0.25, 0.3) is 0 Å². The standard InChI is InChI=1S/C10H15N.C9H11N/c1-8-3-4-10(5-6-11)7-9(8)2;10-9-6-8(9)7-4-2-1-3-5-7/h3-4,7H,5-6,11H2,1-2H3;1-5,8-9H,6,10H2. The van der Waals surface area contributed by atoms with E-state index in [9.17, 15) is 0 Å². The topological polar surface area (TPSA) is 52.0 Å². The first-order valence-corrected chi connectivity index (χ1v) is 7.68. The molecule has 0 bridgehead atoms. The summed E-state index contributed by atoms with van der Waals surface area (Å²) in [6, 6.07) is 17.4. The summed E-state index contributed by atoms with van der Waals surface area (Å²) < 4.78 is 0. The van der Waals surface area contributed by atoms with Gasteiger partial charge in [-0.15, -0.1) is 0 Å². The minimum atomic E-state index is 0.433. The van der Waals surface area contributed by atoms with E-state index in [1.807, 2.05) is 6.07 Å². The predicted molar refractivity (Wildman–Crippen MR) is 90.4 cm³/mol. The molecule has 3 rings (SSSR count). The van der Waals surface area contributed by atoms with Crippen LogP contribution in [-0.4, -0.2) is 12.6 Å². The lowest BCUT2D eigenvalue weighted by atomic mass is 10.0. The molecular weight excluding hydrogens is 256 g/mol. The summed E-state index contributed by atoms with van der Waals surface area (Å²) in [6.45, 7) is 5.00. The Morgan fingerprint density at radius 3 is 2.19 bits per heavy atom. The van der Waals surface area contributed by atoms with Gasteiger partial charge in [-0.05, 0) is 55.5 Å². The van der Waals surface area contributed by atoms with E-state index in [4.69, 9.17) is 11.5 Å². The van der Waals surface area contributed by atoms with E-state index in [2.05, 4.69) is 56.3 Å². The molecule has 2 heteroatoms. The second-order valence-electron chi connectivity index (χ2n) is 5.87. The zero-order chi connectivity index (χ0) is 15.2. The predicted octanol–water partition coefficient (Wildman–Crippen LogP) is 3.31. The first kappa shape index (κ1) is 15.7. The molecule has 2 aromatic carbocycles. The summed E-state index contributed by atoms with van der Waals surface area (Å²) in [6.07, 6.45) is 2.16. The molecule has 2 aromatic rings. The van der Waals surface area contributed by atoms with Crippen LogP contribution in [0.5, 0.6) is 0 Å². The fourth-order valence-electron chi connectivity index (χ4n) is 2.42. The van der Waals surface area contributed by atoms with Gasteiger partial charge in [0.1, 0.15) is 0 Å². The lowest BCUT2D eigenvalue weighted by molar-refractivity contribution is 0.965. The summed E-state index contributed by atoms with van der Waals surface area (Å²) in [5.41, 5.74) is 16.6. The fraction of sp³-hybridized carbons (Fsp3) is 0.368. The molecule has 1 saturated carbocycles. The summed E-state index contributed by atoms with van der Waals surface area (Å²) in [7, 11) is 0. The van der Waals surface area contributed by atoms with Gasteiger partial charge in [0.2, 0.25) is 0 Å². The lowest BCUT2D eigenvalue weighted by Crippen LogP contribution is -2.02. The third-order valence-corrected chi connectivity index (χ3v) is 4.07. The Kier molecular flexibility index (Phi) is 5.54. The number of rotatable bonds is 3. The summed E-state index contributed by atoms with van der Waals surface area (Å²) in [5, 5.41) is 0. The Bertz CT molecular complexity index is 563. The number of benzene rings is 2. The minimum absolute atomic E-state index is 0.433. The molecule has 4 N–H and O–H groups in total. The third-order valence-electron chi connectivity index (χ3n) is 4.07. The molecule has 2 atom stereocenters. The van der Waals surface area contributed by atoms with Crippen LogP contribution in [0, 0.1) is 13.8 Å². The van der Waals surface area contributed by atoms with E-state index >= 15 is 0 Å². The second kappa shape index (κ2) is 7.39. The molecule has 0 amide bonds. The van der Waals surface area contributed by atoms with Gasteiger partial charge in [0.05, 0.1) is 0 Å².